The lowest BCUT2D eigenvalue weighted by molar-refractivity contribution is 0.174. The Morgan fingerprint density at radius 1 is 0.824 bits per heavy atom. The topological polar surface area (TPSA) is 58.9 Å². The number of para-hydroxylation sites is 1. The van der Waals surface area contributed by atoms with Gasteiger partial charge in [0.05, 0.1) is 0 Å². The Labute approximate surface area is 97.7 Å². The molecule has 86 valence electrons. The number of phenols is 2. The molecule has 0 atom stereocenters. The smallest absolute Gasteiger partial charge is 0.231 e. The predicted molar refractivity (Wildman–Crippen MR) is 61.3 cm³/mol. The molecular weight excluding hydrogens is 220 g/mol. The second kappa shape index (κ2) is 3.59. The number of rotatable bonds is 1. The first-order chi connectivity index (χ1) is 8.25. The van der Waals surface area contributed by atoms with Crippen LogP contribution in [0.5, 0.6) is 23.0 Å². The van der Waals surface area contributed by atoms with Gasteiger partial charge in [0.2, 0.25) is 6.79 Å². The van der Waals surface area contributed by atoms with E-state index in [0.29, 0.717) is 22.6 Å². The molecule has 0 saturated carbocycles. The van der Waals surface area contributed by atoms with Gasteiger partial charge in [-0.05, 0) is 12.1 Å². The third kappa shape index (κ3) is 1.54. The van der Waals surface area contributed by atoms with Crippen molar-refractivity contribution in [2.24, 2.45) is 0 Å². The number of hydrogen-bond acceptors (Lipinski definition) is 4. The maximum Gasteiger partial charge on any atom is 0.231 e. The average molecular weight is 230 g/mol. The molecule has 0 saturated heterocycles. The molecule has 0 spiro atoms. The molecule has 2 N–H and O–H groups in total. The van der Waals surface area contributed by atoms with Crippen LogP contribution in [0.3, 0.4) is 0 Å². The zero-order valence-electron chi connectivity index (χ0n) is 8.88. The fourth-order valence-electron chi connectivity index (χ4n) is 1.85. The van der Waals surface area contributed by atoms with E-state index in [1.54, 1.807) is 30.3 Å². The van der Waals surface area contributed by atoms with Crippen LogP contribution in [0.2, 0.25) is 0 Å². The van der Waals surface area contributed by atoms with Crippen molar-refractivity contribution < 1.29 is 19.7 Å². The Morgan fingerprint density at radius 2 is 1.53 bits per heavy atom. The first kappa shape index (κ1) is 9.84. The average Bonchev–Trinajstić information content (AvgIpc) is 2.76. The van der Waals surface area contributed by atoms with E-state index in [-0.39, 0.29) is 18.3 Å². The van der Waals surface area contributed by atoms with Crippen molar-refractivity contribution in [3.63, 3.8) is 0 Å². The lowest BCUT2D eigenvalue weighted by Crippen LogP contribution is -1.92. The summed E-state index contributed by atoms with van der Waals surface area (Å²) < 4.78 is 10.4. The molecule has 1 heterocycles. The van der Waals surface area contributed by atoms with Crippen molar-refractivity contribution in [2.45, 2.75) is 0 Å². The van der Waals surface area contributed by atoms with E-state index >= 15 is 0 Å². The summed E-state index contributed by atoms with van der Waals surface area (Å²) in [4.78, 5) is 0. The van der Waals surface area contributed by atoms with E-state index in [1.807, 2.05) is 0 Å². The quantitative estimate of drug-likeness (QED) is 0.790. The normalized spacial score (nSPS) is 12.7. The highest BCUT2D eigenvalue weighted by atomic mass is 16.7. The van der Waals surface area contributed by atoms with Crippen LogP contribution in [0, 0.1) is 0 Å². The number of hydrogen-bond donors (Lipinski definition) is 2. The zero-order chi connectivity index (χ0) is 11.8. The van der Waals surface area contributed by atoms with Crippen LogP contribution in [0.1, 0.15) is 0 Å². The van der Waals surface area contributed by atoms with E-state index in [1.165, 1.54) is 6.07 Å². The molecule has 0 aliphatic carbocycles. The molecular formula is C13H10O4. The van der Waals surface area contributed by atoms with Gasteiger partial charge >= 0.3 is 0 Å². The Hall–Kier alpha value is -2.36. The molecule has 2 aromatic rings. The summed E-state index contributed by atoms with van der Waals surface area (Å²) in [5, 5.41) is 19.7. The summed E-state index contributed by atoms with van der Waals surface area (Å²) in [7, 11) is 0. The summed E-state index contributed by atoms with van der Waals surface area (Å²) in [5.74, 6) is 1.25. The van der Waals surface area contributed by atoms with Crippen molar-refractivity contribution in [1.82, 2.24) is 0 Å². The zero-order valence-corrected chi connectivity index (χ0v) is 8.88. The van der Waals surface area contributed by atoms with Crippen molar-refractivity contribution in [2.75, 3.05) is 6.79 Å². The molecule has 0 unspecified atom stereocenters. The van der Waals surface area contributed by atoms with Crippen LogP contribution in [-0.2, 0) is 0 Å². The lowest BCUT2D eigenvalue weighted by atomic mass is 10.0. The van der Waals surface area contributed by atoms with Gasteiger partial charge in [-0.3, -0.25) is 0 Å². The Balaban J connectivity index is 2.19. The van der Waals surface area contributed by atoms with Gasteiger partial charge < -0.3 is 19.7 Å². The molecule has 3 rings (SSSR count). The van der Waals surface area contributed by atoms with Crippen molar-refractivity contribution in [3.8, 4) is 34.1 Å². The fourth-order valence-corrected chi connectivity index (χ4v) is 1.85. The van der Waals surface area contributed by atoms with Crippen LogP contribution in [0.4, 0.5) is 0 Å². The van der Waals surface area contributed by atoms with Crippen LogP contribution >= 0.6 is 0 Å². The molecule has 0 aromatic heterocycles. The van der Waals surface area contributed by atoms with Crippen LogP contribution < -0.4 is 9.47 Å². The highest BCUT2D eigenvalue weighted by Crippen LogP contribution is 2.43. The second-order valence-electron chi connectivity index (χ2n) is 3.74. The minimum absolute atomic E-state index is 0.0516. The maximum absolute atomic E-state index is 9.91. The molecule has 0 bridgehead atoms. The van der Waals surface area contributed by atoms with Gasteiger partial charge in [0.25, 0.3) is 0 Å². The van der Waals surface area contributed by atoms with E-state index < -0.39 is 0 Å². The monoisotopic (exact) mass is 230 g/mol. The van der Waals surface area contributed by atoms with Gasteiger partial charge in [-0.25, -0.2) is 0 Å². The standard InChI is InChI=1S/C13H10O4/c14-10-4-2-1-3-8(10)9-5-12-13(6-11(9)15)17-7-16-12/h1-6,14-15H,7H2. The van der Waals surface area contributed by atoms with Crippen LogP contribution in [0.25, 0.3) is 11.1 Å². The van der Waals surface area contributed by atoms with Gasteiger partial charge in [0.1, 0.15) is 11.5 Å². The van der Waals surface area contributed by atoms with Crippen molar-refractivity contribution >= 4 is 0 Å². The Bertz CT molecular complexity index is 578. The number of benzene rings is 2. The minimum Gasteiger partial charge on any atom is -0.507 e. The fraction of sp³-hybridized carbons (Fsp3) is 0.0769. The second-order valence-corrected chi connectivity index (χ2v) is 3.74. The molecule has 0 fully saturated rings. The summed E-state index contributed by atoms with van der Waals surface area (Å²) in [5.41, 5.74) is 1.08. The van der Waals surface area contributed by atoms with Gasteiger partial charge in [-0.2, -0.15) is 0 Å². The number of phenolic OH excluding ortho intramolecular Hbond substituents is 2. The minimum atomic E-state index is 0.0516. The molecule has 17 heavy (non-hydrogen) atoms. The summed E-state index contributed by atoms with van der Waals surface area (Å²) in [6.07, 6.45) is 0. The molecule has 1 aliphatic heterocycles. The summed E-state index contributed by atoms with van der Waals surface area (Å²) in [6.45, 7) is 0.152. The molecule has 1 aliphatic rings. The maximum atomic E-state index is 9.91. The summed E-state index contributed by atoms with van der Waals surface area (Å²) >= 11 is 0. The van der Waals surface area contributed by atoms with Crippen molar-refractivity contribution in [3.05, 3.63) is 36.4 Å². The van der Waals surface area contributed by atoms with Crippen molar-refractivity contribution in [1.29, 1.82) is 0 Å². The van der Waals surface area contributed by atoms with Crippen LogP contribution in [-0.4, -0.2) is 17.0 Å². The van der Waals surface area contributed by atoms with E-state index in [4.69, 9.17) is 9.47 Å². The first-order valence-corrected chi connectivity index (χ1v) is 5.16. The largest absolute Gasteiger partial charge is 0.507 e. The lowest BCUT2D eigenvalue weighted by Gasteiger charge is -2.08. The van der Waals surface area contributed by atoms with E-state index in [9.17, 15) is 10.2 Å². The molecule has 0 amide bonds. The van der Waals surface area contributed by atoms with E-state index in [2.05, 4.69) is 0 Å². The van der Waals surface area contributed by atoms with Crippen LogP contribution in [0.15, 0.2) is 36.4 Å². The Kier molecular flexibility index (Phi) is 2.08. The van der Waals surface area contributed by atoms with Gasteiger partial charge in [-0.15, -0.1) is 0 Å². The molecule has 0 radical (unpaired) electrons. The Morgan fingerprint density at radius 3 is 2.29 bits per heavy atom. The van der Waals surface area contributed by atoms with Gasteiger partial charge in [0, 0.05) is 17.2 Å². The third-order valence-corrected chi connectivity index (χ3v) is 2.69. The highest BCUT2D eigenvalue weighted by Gasteiger charge is 2.18. The molecule has 4 heteroatoms. The number of aromatic hydroxyl groups is 2. The van der Waals surface area contributed by atoms with E-state index in [0.717, 1.165) is 0 Å². The predicted octanol–water partition coefficient (Wildman–Crippen LogP) is 2.49. The van der Waals surface area contributed by atoms with Gasteiger partial charge in [-0.1, -0.05) is 18.2 Å². The highest BCUT2D eigenvalue weighted by molar-refractivity contribution is 5.78. The number of ether oxygens (including phenoxy) is 2. The first-order valence-electron chi connectivity index (χ1n) is 5.16. The SMILES string of the molecule is Oc1ccccc1-c1cc2c(cc1O)OCO2. The van der Waals surface area contributed by atoms with Gasteiger partial charge in [0.15, 0.2) is 11.5 Å². The summed E-state index contributed by atoms with van der Waals surface area (Å²) in [6, 6.07) is 9.96. The molecule has 2 aromatic carbocycles. The molecule has 4 nitrogen and oxygen atoms in total. The number of fused-ring (bicyclic) bond motifs is 1. The third-order valence-electron chi connectivity index (χ3n) is 2.69.